The zero-order chi connectivity index (χ0) is 18.4. The number of nitro groups is 1. The Bertz CT molecular complexity index is 756. The van der Waals surface area contributed by atoms with Gasteiger partial charge >= 0.3 is 0 Å². The Kier molecular flexibility index (Phi) is 7.05. The summed E-state index contributed by atoms with van der Waals surface area (Å²) in [5.41, 5.74) is 17.7. The van der Waals surface area contributed by atoms with E-state index in [-0.39, 0.29) is 35.2 Å². The van der Waals surface area contributed by atoms with Gasteiger partial charge in [-0.05, 0) is 18.2 Å². The zero-order valence-electron chi connectivity index (χ0n) is 12.4. The summed E-state index contributed by atoms with van der Waals surface area (Å²) in [4.78, 5) is 9.79. The number of nitrogens with two attached hydrogens (primary N) is 3. The summed E-state index contributed by atoms with van der Waals surface area (Å²) in [5.74, 6) is 0. The molecule has 10 heteroatoms. The van der Waals surface area contributed by atoms with Crippen LogP contribution in [0.2, 0.25) is 10.0 Å². The maximum atomic E-state index is 10.4. The number of rotatable bonds is 3. The van der Waals surface area contributed by atoms with Crippen molar-refractivity contribution in [2.24, 2.45) is 0 Å². The molecule has 0 aliphatic carbocycles. The molecule has 0 spiro atoms. The van der Waals surface area contributed by atoms with Gasteiger partial charge in [-0.1, -0.05) is 23.2 Å². The van der Waals surface area contributed by atoms with Crippen LogP contribution in [-0.4, -0.2) is 15.1 Å². The molecule has 0 aliphatic heterocycles. The quantitative estimate of drug-likeness (QED) is 0.312. The average molecular weight is 375 g/mol. The van der Waals surface area contributed by atoms with E-state index in [4.69, 9.17) is 50.6 Å². The van der Waals surface area contributed by atoms with Gasteiger partial charge in [0.05, 0.1) is 29.5 Å². The minimum absolute atomic E-state index is 0.0445. The minimum atomic E-state index is -0.639. The number of hydrogen-bond donors (Lipinski definition) is 5. The number of aliphatic hydroxyl groups excluding tert-OH is 2. The number of hydrogen-bond acceptors (Lipinski definition) is 7. The van der Waals surface area contributed by atoms with Gasteiger partial charge in [-0.15, -0.1) is 0 Å². The van der Waals surface area contributed by atoms with Crippen molar-refractivity contribution >= 4 is 46.0 Å². The molecule has 0 fully saturated rings. The topological polar surface area (TPSA) is 162 Å². The van der Waals surface area contributed by atoms with Crippen LogP contribution in [0.25, 0.3) is 0 Å². The average Bonchev–Trinajstić information content (AvgIpc) is 2.53. The molecule has 2 aromatic carbocycles. The van der Waals surface area contributed by atoms with E-state index in [0.29, 0.717) is 22.0 Å². The molecular formula is C14H16Cl2N4O4. The molecule has 0 heterocycles. The van der Waals surface area contributed by atoms with Gasteiger partial charge in [0, 0.05) is 27.2 Å². The fraction of sp³-hybridized carbons (Fsp3) is 0.143. The third-order valence-corrected chi connectivity index (χ3v) is 3.44. The number of benzene rings is 2. The van der Waals surface area contributed by atoms with Crippen molar-refractivity contribution in [2.75, 3.05) is 17.2 Å². The second-order valence-electron chi connectivity index (χ2n) is 4.64. The molecule has 0 saturated carbocycles. The number of nitrogen functional groups attached to an aromatic ring is 3. The van der Waals surface area contributed by atoms with E-state index in [0.717, 1.165) is 6.07 Å². The predicted octanol–water partition coefficient (Wildman–Crippen LogP) is 2.32. The summed E-state index contributed by atoms with van der Waals surface area (Å²) in [6, 6.07) is 5.68. The Morgan fingerprint density at radius 1 is 0.917 bits per heavy atom. The van der Waals surface area contributed by atoms with Crippen LogP contribution < -0.4 is 17.2 Å². The summed E-state index contributed by atoms with van der Waals surface area (Å²) in [5, 5.41) is 28.7. The second kappa shape index (κ2) is 8.55. The van der Waals surface area contributed by atoms with Gasteiger partial charge in [-0.2, -0.15) is 0 Å². The second-order valence-corrected chi connectivity index (χ2v) is 5.51. The van der Waals surface area contributed by atoms with E-state index in [9.17, 15) is 10.1 Å². The Balaban J connectivity index is 0.000000243. The standard InChI is InChI=1S/C7H7ClN2O3.C7H9ClN2O/c8-5-1-4(3-11)7(9)6(2-5)10(12)13;8-5-1-4(3-11)7(10)6(9)2-5/h1-2,11H,3,9H2;1-2,11H,3,9-10H2. The maximum absolute atomic E-state index is 10.4. The number of nitrogens with zero attached hydrogens (tertiary/aromatic N) is 1. The van der Waals surface area contributed by atoms with Crippen LogP contribution in [0.15, 0.2) is 24.3 Å². The molecule has 0 bridgehead atoms. The van der Waals surface area contributed by atoms with Crippen molar-refractivity contribution in [2.45, 2.75) is 13.2 Å². The van der Waals surface area contributed by atoms with Crippen LogP contribution in [0.5, 0.6) is 0 Å². The lowest BCUT2D eigenvalue weighted by Gasteiger charge is -2.05. The molecule has 0 atom stereocenters. The summed E-state index contributed by atoms with van der Waals surface area (Å²) >= 11 is 11.2. The van der Waals surface area contributed by atoms with Gasteiger partial charge in [0.2, 0.25) is 0 Å². The van der Waals surface area contributed by atoms with E-state index >= 15 is 0 Å². The molecular weight excluding hydrogens is 359 g/mol. The fourth-order valence-electron chi connectivity index (χ4n) is 1.77. The number of halogens is 2. The molecule has 0 amide bonds. The molecule has 8 N–H and O–H groups in total. The molecule has 8 nitrogen and oxygen atoms in total. The monoisotopic (exact) mass is 374 g/mol. The van der Waals surface area contributed by atoms with Crippen molar-refractivity contribution in [3.8, 4) is 0 Å². The van der Waals surface area contributed by atoms with Gasteiger partial charge in [0.25, 0.3) is 5.69 Å². The highest BCUT2D eigenvalue weighted by atomic mass is 35.5. The maximum Gasteiger partial charge on any atom is 0.293 e. The normalized spacial score (nSPS) is 10.0. The zero-order valence-corrected chi connectivity index (χ0v) is 13.9. The third-order valence-electron chi connectivity index (χ3n) is 3.01. The smallest absolute Gasteiger partial charge is 0.293 e. The van der Waals surface area contributed by atoms with Crippen molar-refractivity contribution < 1.29 is 15.1 Å². The van der Waals surface area contributed by atoms with Crippen molar-refractivity contribution in [3.05, 3.63) is 55.6 Å². The molecule has 2 rings (SSSR count). The van der Waals surface area contributed by atoms with Crippen LogP contribution >= 0.6 is 23.2 Å². The molecule has 0 aliphatic rings. The van der Waals surface area contributed by atoms with E-state index in [1.54, 1.807) is 12.1 Å². The summed E-state index contributed by atoms with van der Waals surface area (Å²) in [6.07, 6.45) is 0. The van der Waals surface area contributed by atoms with E-state index in [1.807, 2.05) is 0 Å². The molecule has 130 valence electrons. The predicted molar refractivity (Wildman–Crippen MR) is 94.6 cm³/mol. The minimum Gasteiger partial charge on any atom is -0.397 e. The largest absolute Gasteiger partial charge is 0.397 e. The molecule has 0 radical (unpaired) electrons. The first kappa shape index (κ1) is 19.8. The molecule has 0 aromatic heterocycles. The van der Waals surface area contributed by atoms with Crippen LogP contribution in [-0.2, 0) is 13.2 Å². The first-order valence-electron chi connectivity index (χ1n) is 6.48. The van der Waals surface area contributed by atoms with Gasteiger partial charge < -0.3 is 27.4 Å². The number of anilines is 3. The van der Waals surface area contributed by atoms with Crippen molar-refractivity contribution in [3.63, 3.8) is 0 Å². The van der Waals surface area contributed by atoms with E-state index in [2.05, 4.69) is 0 Å². The van der Waals surface area contributed by atoms with Gasteiger partial charge in [0.15, 0.2) is 0 Å². The molecule has 0 unspecified atom stereocenters. The van der Waals surface area contributed by atoms with Gasteiger partial charge in [0.1, 0.15) is 5.69 Å². The Labute approximate surface area is 147 Å². The van der Waals surface area contributed by atoms with Crippen molar-refractivity contribution in [1.29, 1.82) is 0 Å². The SMILES string of the molecule is Nc1c(CO)cc(Cl)cc1[N+](=O)[O-].Nc1cc(Cl)cc(CO)c1N. The third kappa shape index (κ3) is 4.87. The molecule has 24 heavy (non-hydrogen) atoms. The number of aliphatic hydroxyl groups is 2. The lowest BCUT2D eigenvalue weighted by molar-refractivity contribution is -0.383. The Hall–Kier alpha value is -2.26. The highest BCUT2D eigenvalue weighted by molar-refractivity contribution is 6.31. The lowest BCUT2D eigenvalue weighted by Crippen LogP contribution is -2.00. The Morgan fingerprint density at radius 2 is 1.38 bits per heavy atom. The summed E-state index contributed by atoms with van der Waals surface area (Å²) in [7, 11) is 0. The highest BCUT2D eigenvalue weighted by Gasteiger charge is 2.15. The van der Waals surface area contributed by atoms with Gasteiger partial charge in [-0.25, -0.2) is 0 Å². The Morgan fingerprint density at radius 3 is 1.83 bits per heavy atom. The van der Waals surface area contributed by atoms with Crippen LogP contribution in [0.4, 0.5) is 22.7 Å². The van der Waals surface area contributed by atoms with Gasteiger partial charge in [-0.3, -0.25) is 10.1 Å². The van der Waals surface area contributed by atoms with Crippen LogP contribution in [0.3, 0.4) is 0 Å². The first-order chi connectivity index (χ1) is 11.2. The van der Waals surface area contributed by atoms with E-state index < -0.39 is 4.92 Å². The molecule has 2 aromatic rings. The first-order valence-corrected chi connectivity index (χ1v) is 7.24. The summed E-state index contributed by atoms with van der Waals surface area (Å²) < 4.78 is 0. The fourth-order valence-corrected chi connectivity index (χ4v) is 2.25. The number of nitro benzene ring substituents is 1. The van der Waals surface area contributed by atoms with Crippen molar-refractivity contribution in [1.82, 2.24) is 0 Å². The summed E-state index contributed by atoms with van der Waals surface area (Å²) in [6.45, 7) is -0.510. The van der Waals surface area contributed by atoms with Crippen LogP contribution in [0.1, 0.15) is 11.1 Å². The van der Waals surface area contributed by atoms with E-state index in [1.165, 1.54) is 6.07 Å². The highest BCUT2D eigenvalue weighted by Crippen LogP contribution is 2.29. The lowest BCUT2D eigenvalue weighted by atomic mass is 10.1. The van der Waals surface area contributed by atoms with Crippen LogP contribution in [0, 0.1) is 10.1 Å². The molecule has 0 saturated heterocycles.